The highest BCUT2D eigenvalue weighted by molar-refractivity contribution is 5.96. The zero-order valence-electron chi connectivity index (χ0n) is 16.6. The molecule has 0 bridgehead atoms. The van der Waals surface area contributed by atoms with Crippen LogP contribution in [0, 0.1) is 0 Å². The Labute approximate surface area is 155 Å². The lowest BCUT2D eigenvalue weighted by atomic mass is 9.63. The Bertz CT molecular complexity index is 1050. The zero-order valence-corrected chi connectivity index (χ0v) is 16.6. The van der Waals surface area contributed by atoms with E-state index in [9.17, 15) is 0 Å². The van der Waals surface area contributed by atoms with Crippen molar-refractivity contribution in [3.05, 3.63) is 41.5 Å². The summed E-state index contributed by atoms with van der Waals surface area (Å²) in [6.07, 6.45) is 2.47. The van der Waals surface area contributed by atoms with Gasteiger partial charge in [0, 0.05) is 19.2 Å². The normalized spacial score (nSPS) is 20.8. The van der Waals surface area contributed by atoms with E-state index in [0.717, 1.165) is 0 Å². The molecule has 0 N–H and O–H groups in total. The molecule has 0 atom stereocenters. The van der Waals surface area contributed by atoms with E-state index in [1.165, 1.54) is 52.4 Å². The van der Waals surface area contributed by atoms with E-state index in [-0.39, 0.29) is 10.8 Å². The number of anilines is 2. The topological polar surface area (TPSA) is 9.26 Å². The lowest BCUT2D eigenvalue weighted by Gasteiger charge is -2.42. The molecule has 5 rings (SSSR count). The fourth-order valence-corrected chi connectivity index (χ4v) is 4.89. The standard InChI is InChI=1S/C23H27N3/c1-22(2)10-11-23(3,4)16-13-20-19(12-15(16)22)25(6)18-9-7-8-17-21(18)26(20)14-24(17)5/h7-9,12-13H,10-11H2,1-6H3/q+2. The van der Waals surface area contributed by atoms with Crippen LogP contribution in [0.25, 0.3) is 0 Å². The second kappa shape index (κ2) is 4.66. The molecule has 0 spiro atoms. The SMILES string of the molecule is CN1c2cc3c(cc2[N+]2=C=[N+](C)c4cccc1c42)C(C)(C)CCC3(C)C. The molecule has 2 aromatic carbocycles. The Morgan fingerprint density at radius 2 is 1.58 bits per heavy atom. The molecule has 3 aliphatic rings. The first-order valence-electron chi connectivity index (χ1n) is 9.57. The van der Waals surface area contributed by atoms with E-state index >= 15 is 0 Å². The Kier molecular flexibility index (Phi) is 2.84. The van der Waals surface area contributed by atoms with Gasteiger partial charge in [-0.05, 0) is 51.5 Å². The first kappa shape index (κ1) is 15.8. The Balaban J connectivity index is 1.86. The van der Waals surface area contributed by atoms with E-state index in [4.69, 9.17) is 0 Å². The van der Waals surface area contributed by atoms with Crippen molar-refractivity contribution in [3.8, 4) is 0 Å². The number of hydrogen-bond acceptors (Lipinski definition) is 1. The van der Waals surface area contributed by atoms with Gasteiger partial charge in [-0.25, -0.2) is 0 Å². The number of hydrogen-bond donors (Lipinski definition) is 0. The molecule has 2 heterocycles. The van der Waals surface area contributed by atoms with Crippen molar-refractivity contribution in [1.29, 1.82) is 0 Å². The van der Waals surface area contributed by atoms with E-state index in [1.807, 2.05) is 0 Å². The molecule has 132 valence electrons. The summed E-state index contributed by atoms with van der Waals surface area (Å²) in [5.74, 6) is 0. The fourth-order valence-electron chi connectivity index (χ4n) is 4.89. The van der Waals surface area contributed by atoms with Gasteiger partial charge < -0.3 is 4.90 Å². The van der Waals surface area contributed by atoms with Crippen LogP contribution < -0.4 is 9.48 Å². The zero-order chi connectivity index (χ0) is 18.4. The number of para-hydroxylation sites is 1. The van der Waals surface area contributed by atoms with Crippen LogP contribution >= 0.6 is 0 Å². The smallest absolute Gasteiger partial charge is 0.333 e. The highest BCUT2D eigenvalue weighted by Crippen LogP contribution is 2.54. The van der Waals surface area contributed by atoms with Crippen LogP contribution in [0.5, 0.6) is 0 Å². The van der Waals surface area contributed by atoms with Gasteiger partial charge in [0.25, 0.3) is 11.4 Å². The minimum Gasteiger partial charge on any atom is -0.333 e. The average molecular weight is 345 g/mol. The Morgan fingerprint density at radius 3 is 2.27 bits per heavy atom. The van der Waals surface area contributed by atoms with Crippen LogP contribution in [-0.4, -0.2) is 24.7 Å². The molecule has 26 heavy (non-hydrogen) atoms. The molecule has 0 fully saturated rings. The minimum atomic E-state index is 0.212. The molecule has 2 aliphatic heterocycles. The van der Waals surface area contributed by atoms with Crippen molar-refractivity contribution in [2.75, 3.05) is 19.0 Å². The molecule has 0 amide bonds. The van der Waals surface area contributed by atoms with Gasteiger partial charge >= 0.3 is 11.7 Å². The van der Waals surface area contributed by atoms with Crippen molar-refractivity contribution >= 4 is 34.4 Å². The summed E-state index contributed by atoms with van der Waals surface area (Å²) in [6, 6.07) is 14.9. The molecule has 0 radical (unpaired) electrons. The number of fused-ring (bicyclic) bond motifs is 3. The molecule has 0 unspecified atom stereocenters. The maximum Gasteiger partial charge on any atom is 0.496 e. The summed E-state index contributed by atoms with van der Waals surface area (Å²) in [5, 5.41) is 0. The Hall–Kier alpha value is -2.38. The van der Waals surface area contributed by atoms with Gasteiger partial charge in [0.2, 0.25) is 0 Å². The van der Waals surface area contributed by atoms with Crippen LogP contribution in [-0.2, 0) is 10.8 Å². The highest BCUT2D eigenvalue weighted by Gasteiger charge is 2.46. The monoisotopic (exact) mass is 345 g/mol. The number of rotatable bonds is 0. The summed E-state index contributed by atoms with van der Waals surface area (Å²) in [5.41, 5.74) is 9.69. The van der Waals surface area contributed by atoms with Crippen LogP contribution in [0.4, 0.5) is 28.4 Å². The third-order valence-electron chi connectivity index (χ3n) is 6.74. The predicted molar refractivity (Wildman–Crippen MR) is 109 cm³/mol. The summed E-state index contributed by atoms with van der Waals surface area (Å²) in [4.78, 5) is 2.35. The molecule has 0 aromatic heterocycles. The van der Waals surface area contributed by atoms with Crippen molar-refractivity contribution in [2.24, 2.45) is 0 Å². The van der Waals surface area contributed by atoms with Crippen LogP contribution in [0.2, 0.25) is 0 Å². The van der Waals surface area contributed by atoms with E-state index in [2.05, 4.69) is 92.2 Å². The quantitative estimate of drug-likeness (QED) is 0.580. The van der Waals surface area contributed by atoms with E-state index in [1.54, 1.807) is 0 Å². The summed E-state index contributed by atoms with van der Waals surface area (Å²) in [6.45, 7) is 9.57. The lowest BCUT2D eigenvalue weighted by Crippen LogP contribution is -2.34. The van der Waals surface area contributed by atoms with Gasteiger partial charge in [-0.3, -0.25) is 0 Å². The van der Waals surface area contributed by atoms with Gasteiger partial charge in [-0.2, -0.15) is 0 Å². The predicted octanol–water partition coefficient (Wildman–Crippen LogP) is 5.41. The van der Waals surface area contributed by atoms with Crippen LogP contribution in [0.15, 0.2) is 30.3 Å². The van der Waals surface area contributed by atoms with Crippen molar-refractivity contribution in [1.82, 2.24) is 4.58 Å². The van der Waals surface area contributed by atoms with Crippen LogP contribution in [0.1, 0.15) is 51.7 Å². The van der Waals surface area contributed by atoms with Crippen molar-refractivity contribution < 1.29 is 4.58 Å². The third-order valence-corrected chi connectivity index (χ3v) is 6.74. The largest absolute Gasteiger partial charge is 0.496 e. The first-order chi connectivity index (χ1) is 12.2. The van der Waals surface area contributed by atoms with E-state index in [0.29, 0.717) is 0 Å². The average Bonchev–Trinajstić information content (AvgIpc) is 2.94. The fraction of sp³-hybridized carbons (Fsp3) is 0.435. The second-order valence-electron chi connectivity index (χ2n) is 9.35. The molecule has 3 heteroatoms. The molecule has 0 saturated carbocycles. The summed E-state index contributed by atoms with van der Waals surface area (Å²) >= 11 is 0. The highest BCUT2D eigenvalue weighted by atomic mass is 15.3. The second-order valence-corrected chi connectivity index (χ2v) is 9.35. The lowest BCUT2D eigenvalue weighted by molar-refractivity contribution is -0.394. The third kappa shape index (κ3) is 1.84. The first-order valence-corrected chi connectivity index (χ1v) is 9.57. The van der Waals surface area contributed by atoms with Gasteiger partial charge in [-0.15, -0.1) is 0 Å². The van der Waals surface area contributed by atoms with E-state index < -0.39 is 0 Å². The van der Waals surface area contributed by atoms with Crippen molar-refractivity contribution in [3.63, 3.8) is 0 Å². The maximum absolute atomic E-state index is 3.53. The van der Waals surface area contributed by atoms with Crippen molar-refractivity contribution in [2.45, 2.75) is 51.4 Å². The Morgan fingerprint density at radius 1 is 0.923 bits per heavy atom. The van der Waals surface area contributed by atoms with Gasteiger partial charge in [0.05, 0.1) is 0 Å². The summed E-state index contributed by atoms with van der Waals surface area (Å²) < 4.78 is 4.37. The van der Waals surface area contributed by atoms with Gasteiger partial charge in [0.15, 0.2) is 7.05 Å². The van der Waals surface area contributed by atoms with Crippen LogP contribution in [0.3, 0.4) is 0 Å². The molecular weight excluding hydrogens is 318 g/mol. The molecular formula is C23H27N3+2. The summed E-state index contributed by atoms with van der Waals surface area (Å²) in [7, 11) is 4.27. The molecule has 2 aromatic rings. The minimum absolute atomic E-state index is 0.212. The van der Waals surface area contributed by atoms with Gasteiger partial charge in [0.1, 0.15) is 11.4 Å². The molecule has 0 saturated heterocycles. The van der Waals surface area contributed by atoms with Gasteiger partial charge in [-0.1, -0.05) is 38.3 Å². The number of benzene rings is 2. The maximum atomic E-state index is 3.53. The number of nitrogens with zero attached hydrogens (tertiary/aromatic N) is 3. The molecule has 1 aliphatic carbocycles. The molecule has 3 nitrogen and oxygen atoms in total.